The first-order chi connectivity index (χ1) is 16.2. The second-order valence-electron chi connectivity index (χ2n) is 9.89. The predicted molar refractivity (Wildman–Crippen MR) is 139 cm³/mol. The zero-order valence-electron chi connectivity index (χ0n) is 20.3. The van der Waals surface area contributed by atoms with Crippen molar-refractivity contribution >= 4 is 10.8 Å². The van der Waals surface area contributed by atoms with Crippen LogP contribution < -0.4 is 0 Å². The number of hydrogen-bond acceptors (Lipinski definition) is 0. The van der Waals surface area contributed by atoms with Crippen molar-refractivity contribution in [1.29, 1.82) is 0 Å². The monoisotopic (exact) mass is 440 g/mol. The lowest BCUT2D eigenvalue weighted by Crippen LogP contribution is -2.15. The Morgan fingerprint density at radius 3 is 2.09 bits per heavy atom. The molecule has 0 bridgehead atoms. The molecule has 3 aromatic carbocycles. The van der Waals surface area contributed by atoms with E-state index in [0.717, 1.165) is 59.6 Å². The van der Waals surface area contributed by atoms with Gasteiger partial charge in [0.2, 0.25) is 0 Å². The molecular formula is C32H37F. The van der Waals surface area contributed by atoms with Gasteiger partial charge < -0.3 is 0 Å². The Morgan fingerprint density at radius 1 is 0.727 bits per heavy atom. The van der Waals surface area contributed by atoms with Crippen LogP contribution in [0.3, 0.4) is 0 Å². The highest BCUT2D eigenvalue weighted by Gasteiger charge is 2.21. The summed E-state index contributed by atoms with van der Waals surface area (Å²) in [6.45, 7) is 4.48. The molecule has 0 aromatic heterocycles. The van der Waals surface area contributed by atoms with Crippen LogP contribution in [0.2, 0.25) is 0 Å². The normalized spacial score (nSPS) is 18.2. The van der Waals surface area contributed by atoms with E-state index in [4.69, 9.17) is 0 Å². The van der Waals surface area contributed by atoms with Gasteiger partial charge in [-0.2, -0.15) is 0 Å². The molecule has 33 heavy (non-hydrogen) atoms. The summed E-state index contributed by atoms with van der Waals surface area (Å²) < 4.78 is 15.2. The summed E-state index contributed by atoms with van der Waals surface area (Å²) in [4.78, 5) is 0. The summed E-state index contributed by atoms with van der Waals surface area (Å²) in [5.41, 5.74) is 4.16. The standard InChI is InChI=1S/C32H37F/c1-3-5-24-7-11-26(12-8-24)15-16-28-18-22-31-30(23-28)21-20-29(32(31)33)19-17-27-13-9-25(6-4-2)10-14-27/h7-8,11-12,18,20-23,25,27H,3-6,9-10,13-14,17,19H2,1-2H3. The largest absolute Gasteiger partial charge is 0.206 e. The highest BCUT2D eigenvalue weighted by atomic mass is 19.1. The van der Waals surface area contributed by atoms with Gasteiger partial charge in [-0.25, -0.2) is 4.39 Å². The van der Waals surface area contributed by atoms with Crippen molar-refractivity contribution in [3.8, 4) is 11.8 Å². The van der Waals surface area contributed by atoms with Crippen molar-refractivity contribution in [1.82, 2.24) is 0 Å². The second-order valence-corrected chi connectivity index (χ2v) is 9.89. The highest BCUT2D eigenvalue weighted by Crippen LogP contribution is 2.34. The van der Waals surface area contributed by atoms with Gasteiger partial charge in [0.15, 0.2) is 0 Å². The van der Waals surface area contributed by atoms with E-state index in [2.05, 4.69) is 56.0 Å². The first-order valence-corrected chi connectivity index (χ1v) is 13.0. The zero-order chi connectivity index (χ0) is 23.0. The molecule has 172 valence electrons. The van der Waals surface area contributed by atoms with Crippen LogP contribution in [0.1, 0.15) is 87.5 Å². The molecule has 0 amide bonds. The maximum atomic E-state index is 15.2. The number of hydrogen-bond donors (Lipinski definition) is 0. The molecule has 1 aliphatic rings. The van der Waals surface area contributed by atoms with Gasteiger partial charge in [-0.1, -0.05) is 101 Å². The smallest absolute Gasteiger partial charge is 0.134 e. The van der Waals surface area contributed by atoms with Gasteiger partial charge in [0.1, 0.15) is 5.82 Å². The molecule has 1 saturated carbocycles. The summed E-state index contributed by atoms with van der Waals surface area (Å²) in [6.07, 6.45) is 12.3. The first kappa shape index (κ1) is 23.6. The van der Waals surface area contributed by atoms with Gasteiger partial charge in [-0.15, -0.1) is 0 Å². The summed E-state index contributed by atoms with van der Waals surface area (Å²) >= 11 is 0. The van der Waals surface area contributed by atoms with Crippen LogP contribution in [0, 0.1) is 29.5 Å². The van der Waals surface area contributed by atoms with Crippen LogP contribution in [0.5, 0.6) is 0 Å². The number of benzene rings is 3. The predicted octanol–water partition coefficient (Wildman–Crippen LogP) is 8.87. The average molecular weight is 441 g/mol. The van der Waals surface area contributed by atoms with Crippen LogP contribution in [-0.2, 0) is 12.8 Å². The van der Waals surface area contributed by atoms with E-state index in [-0.39, 0.29) is 5.82 Å². The highest BCUT2D eigenvalue weighted by molar-refractivity contribution is 5.85. The Labute approximate surface area is 199 Å². The first-order valence-electron chi connectivity index (χ1n) is 13.0. The fourth-order valence-corrected chi connectivity index (χ4v) is 5.37. The molecule has 0 atom stereocenters. The lowest BCUT2D eigenvalue weighted by molar-refractivity contribution is 0.252. The Balaban J connectivity index is 1.40. The summed E-state index contributed by atoms with van der Waals surface area (Å²) in [6, 6.07) is 18.4. The molecule has 0 saturated heterocycles. The average Bonchev–Trinajstić information content (AvgIpc) is 2.84. The van der Waals surface area contributed by atoms with Gasteiger partial charge in [0, 0.05) is 16.5 Å². The maximum Gasteiger partial charge on any atom is 0.134 e. The van der Waals surface area contributed by atoms with Gasteiger partial charge >= 0.3 is 0 Å². The van der Waals surface area contributed by atoms with Crippen molar-refractivity contribution in [3.63, 3.8) is 0 Å². The number of halogens is 1. The fraction of sp³-hybridized carbons (Fsp3) is 0.438. The lowest BCUT2D eigenvalue weighted by atomic mass is 9.78. The molecule has 0 heterocycles. The minimum absolute atomic E-state index is 0.0433. The van der Waals surface area contributed by atoms with E-state index >= 15 is 4.39 Å². The molecule has 4 rings (SSSR count). The Hall–Kier alpha value is -2.59. The van der Waals surface area contributed by atoms with E-state index in [1.54, 1.807) is 0 Å². The van der Waals surface area contributed by atoms with Crippen LogP contribution >= 0.6 is 0 Å². The maximum absolute atomic E-state index is 15.2. The van der Waals surface area contributed by atoms with E-state index in [9.17, 15) is 0 Å². The molecule has 0 nitrogen and oxygen atoms in total. The molecular weight excluding hydrogens is 403 g/mol. The number of rotatable bonds is 7. The van der Waals surface area contributed by atoms with E-state index in [0.29, 0.717) is 5.39 Å². The molecule has 3 aromatic rings. The van der Waals surface area contributed by atoms with Crippen LogP contribution in [0.25, 0.3) is 10.8 Å². The second kappa shape index (κ2) is 11.5. The summed E-state index contributed by atoms with van der Waals surface area (Å²) in [7, 11) is 0. The molecule has 1 fully saturated rings. The Kier molecular flexibility index (Phi) is 8.22. The zero-order valence-corrected chi connectivity index (χ0v) is 20.3. The quantitative estimate of drug-likeness (QED) is 0.322. The van der Waals surface area contributed by atoms with Crippen molar-refractivity contribution < 1.29 is 4.39 Å². The topological polar surface area (TPSA) is 0 Å². The van der Waals surface area contributed by atoms with Gasteiger partial charge in [0.25, 0.3) is 0 Å². The third-order valence-corrected chi connectivity index (χ3v) is 7.36. The third kappa shape index (κ3) is 6.26. The van der Waals surface area contributed by atoms with Crippen molar-refractivity contribution in [3.05, 3.63) is 82.7 Å². The summed E-state index contributed by atoms with van der Waals surface area (Å²) in [5, 5.41) is 1.65. The molecule has 1 aliphatic carbocycles. The van der Waals surface area contributed by atoms with Crippen LogP contribution in [-0.4, -0.2) is 0 Å². The molecule has 1 heteroatoms. The molecule has 0 spiro atoms. The van der Waals surface area contributed by atoms with E-state index < -0.39 is 0 Å². The molecule has 0 radical (unpaired) electrons. The Morgan fingerprint density at radius 2 is 1.39 bits per heavy atom. The van der Waals surface area contributed by atoms with Gasteiger partial charge in [-0.05, 0) is 71.9 Å². The molecule has 0 N–H and O–H groups in total. The van der Waals surface area contributed by atoms with Crippen molar-refractivity contribution in [2.75, 3.05) is 0 Å². The summed E-state index contributed by atoms with van der Waals surface area (Å²) in [5.74, 6) is 8.15. The van der Waals surface area contributed by atoms with Crippen molar-refractivity contribution in [2.45, 2.75) is 78.1 Å². The Bertz CT molecular complexity index is 1100. The molecule has 0 unspecified atom stereocenters. The van der Waals surface area contributed by atoms with Crippen LogP contribution in [0.4, 0.5) is 4.39 Å². The number of aryl methyl sites for hydroxylation is 2. The van der Waals surface area contributed by atoms with Crippen LogP contribution in [0.15, 0.2) is 54.6 Å². The number of fused-ring (bicyclic) bond motifs is 1. The molecule has 0 aliphatic heterocycles. The van der Waals surface area contributed by atoms with E-state index in [1.807, 2.05) is 24.3 Å². The van der Waals surface area contributed by atoms with Gasteiger partial charge in [0.05, 0.1) is 0 Å². The van der Waals surface area contributed by atoms with Crippen molar-refractivity contribution in [2.24, 2.45) is 11.8 Å². The third-order valence-electron chi connectivity index (χ3n) is 7.36. The minimum Gasteiger partial charge on any atom is -0.206 e. The minimum atomic E-state index is -0.0433. The lowest BCUT2D eigenvalue weighted by Gasteiger charge is -2.28. The fourth-order valence-electron chi connectivity index (χ4n) is 5.37. The SMILES string of the molecule is CCCc1ccc(C#Cc2ccc3c(F)c(CCC4CCC(CCC)CC4)ccc3c2)cc1. The van der Waals surface area contributed by atoms with E-state index in [1.165, 1.54) is 44.1 Å². The van der Waals surface area contributed by atoms with Gasteiger partial charge in [-0.3, -0.25) is 0 Å².